The largest absolute Gasteiger partial charge is 0.496 e. The van der Waals surface area contributed by atoms with Crippen LogP contribution < -0.4 is 4.74 Å². The summed E-state index contributed by atoms with van der Waals surface area (Å²) >= 11 is 0. The molecule has 1 rings (SSSR count). The first-order chi connectivity index (χ1) is 8.69. The number of rotatable bonds is 7. The van der Waals surface area contributed by atoms with Crippen LogP contribution in [0.25, 0.3) is 0 Å². The van der Waals surface area contributed by atoms with E-state index in [1.54, 1.807) is 19.2 Å². The van der Waals surface area contributed by atoms with Crippen molar-refractivity contribution in [3.05, 3.63) is 29.8 Å². The Kier molecular flexibility index (Phi) is 6.22. The summed E-state index contributed by atoms with van der Waals surface area (Å²) in [6.45, 7) is 2.38. The Labute approximate surface area is 108 Å². The number of aliphatic hydroxyl groups is 1. The van der Waals surface area contributed by atoms with Gasteiger partial charge in [0.05, 0.1) is 19.8 Å². The molecule has 0 aliphatic heterocycles. The molecule has 1 atom stereocenters. The number of hydrogen-bond donors (Lipinski definition) is 1. The molecule has 0 bridgehead atoms. The second-order valence-electron chi connectivity index (χ2n) is 4.02. The predicted octanol–water partition coefficient (Wildman–Crippen LogP) is 2.46. The van der Waals surface area contributed by atoms with Crippen LogP contribution in [0, 0.1) is 0 Å². The standard InChI is InChI=1S/C14H20O4/c1-3-10-18-14(16)9-8-12(15)11-6-4-5-7-13(11)17-2/h4-7,12,15H,3,8-10H2,1-2H3. The summed E-state index contributed by atoms with van der Waals surface area (Å²) in [6.07, 6.45) is 0.637. The van der Waals surface area contributed by atoms with Gasteiger partial charge in [0.1, 0.15) is 5.75 Å². The van der Waals surface area contributed by atoms with Gasteiger partial charge in [-0.3, -0.25) is 4.79 Å². The summed E-state index contributed by atoms with van der Waals surface area (Å²) in [4.78, 5) is 11.3. The third kappa shape index (κ3) is 4.37. The number of aliphatic hydroxyl groups excluding tert-OH is 1. The maximum absolute atomic E-state index is 11.3. The van der Waals surface area contributed by atoms with Crippen LogP contribution in [0.2, 0.25) is 0 Å². The molecule has 0 saturated heterocycles. The van der Waals surface area contributed by atoms with E-state index in [-0.39, 0.29) is 12.4 Å². The van der Waals surface area contributed by atoms with Crippen molar-refractivity contribution in [2.45, 2.75) is 32.3 Å². The molecule has 18 heavy (non-hydrogen) atoms. The number of methoxy groups -OCH3 is 1. The number of hydrogen-bond acceptors (Lipinski definition) is 4. The number of carbonyl (C=O) groups excluding carboxylic acids is 1. The SMILES string of the molecule is CCCOC(=O)CCC(O)c1ccccc1OC. The lowest BCUT2D eigenvalue weighted by Crippen LogP contribution is -2.08. The first-order valence-corrected chi connectivity index (χ1v) is 6.15. The normalized spacial score (nSPS) is 11.9. The van der Waals surface area contributed by atoms with Gasteiger partial charge in [0.2, 0.25) is 0 Å². The summed E-state index contributed by atoms with van der Waals surface area (Å²) in [5.74, 6) is 0.359. The summed E-state index contributed by atoms with van der Waals surface area (Å²) in [6, 6.07) is 7.25. The number of carbonyl (C=O) groups is 1. The average molecular weight is 252 g/mol. The molecule has 0 amide bonds. The third-order valence-corrected chi connectivity index (χ3v) is 2.59. The highest BCUT2D eigenvalue weighted by Crippen LogP contribution is 2.27. The van der Waals surface area contributed by atoms with Gasteiger partial charge in [0.25, 0.3) is 0 Å². The Morgan fingerprint density at radius 1 is 1.39 bits per heavy atom. The van der Waals surface area contributed by atoms with Crippen LogP contribution in [-0.4, -0.2) is 24.8 Å². The van der Waals surface area contributed by atoms with Gasteiger partial charge in [-0.15, -0.1) is 0 Å². The highest BCUT2D eigenvalue weighted by molar-refractivity contribution is 5.69. The fourth-order valence-electron chi connectivity index (χ4n) is 1.64. The Morgan fingerprint density at radius 2 is 2.11 bits per heavy atom. The van der Waals surface area contributed by atoms with E-state index in [1.807, 2.05) is 19.1 Å². The van der Waals surface area contributed by atoms with Gasteiger partial charge in [-0.25, -0.2) is 0 Å². The molecule has 1 aromatic carbocycles. The summed E-state index contributed by atoms with van der Waals surface area (Å²) in [5, 5.41) is 10.0. The minimum Gasteiger partial charge on any atom is -0.496 e. The fraction of sp³-hybridized carbons (Fsp3) is 0.500. The van der Waals surface area contributed by atoms with Gasteiger partial charge in [0.15, 0.2) is 0 Å². The lowest BCUT2D eigenvalue weighted by molar-refractivity contribution is -0.144. The monoisotopic (exact) mass is 252 g/mol. The quantitative estimate of drug-likeness (QED) is 0.757. The van der Waals surface area contributed by atoms with E-state index >= 15 is 0 Å². The van der Waals surface area contributed by atoms with Crippen LogP contribution in [0.4, 0.5) is 0 Å². The van der Waals surface area contributed by atoms with E-state index < -0.39 is 6.10 Å². The van der Waals surface area contributed by atoms with Gasteiger partial charge in [-0.05, 0) is 18.9 Å². The molecule has 100 valence electrons. The number of ether oxygens (including phenoxy) is 2. The van der Waals surface area contributed by atoms with Crippen LogP contribution in [0.1, 0.15) is 37.9 Å². The first-order valence-electron chi connectivity index (χ1n) is 6.15. The van der Waals surface area contributed by atoms with Crippen molar-refractivity contribution in [1.29, 1.82) is 0 Å². The Hall–Kier alpha value is -1.55. The topological polar surface area (TPSA) is 55.8 Å². The molecule has 0 aromatic heterocycles. The predicted molar refractivity (Wildman–Crippen MR) is 68.4 cm³/mol. The molecular formula is C14H20O4. The van der Waals surface area contributed by atoms with Crippen molar-refractivity contribution < 1.29 is 19.4 Å². The lowest BCUT2D eigenvalue weighted by Gasteiger charge is -2.14. The summed E-state index contributed by atoms with van der Waals surface area (Å²) in [5.41, 5.74) is 0.697. The molecular weight excluding hydrogens is 232 g/mol. The Bertz CT molecular complexity index is 376. The molecule has 1 N–H and O–H groups in total. The van der Waals surface area contributed by atoms with Gasteiger partial charge in [0, 0.05) is 12.0 Å². The fourth-order valence-corrected chi connectivity index (χ4v) is 1.64. The van der Waals surface area contributed by atoms with Crippen molar-refractivity contribution in [3.63, 3.8) is 0 Å². The summed E-state index contributed by atoms with van der Waals surface area (Å²) in [7, 11) is 1.56. The zero-order valence-corrected chi connectivity index (χ0v) is 10.9. The van der Waals surface area contributed by atoms with Crippen LogP contribution in [0.15, 0.2) is 24.3 Å². The molecule has 1 unspecified atom stereocenters. The molecule has 4 heteroatoms. The molecule has 0 aliphatic carbocycles. The van der Waals surface area contributed by atoms with E-state index in [2.05, 4.69) is 0 Å². The van der Waals surface area contributed by atoms with E-state index in [4.69, 9.17) is 9.47 Å². The number of para-hydroxylation sites is 1. The highest BCUT2D eigenvalue weighted by atomic mass is 16.5. The van der Waals surface area contributed by atoms with E-state index in [0.29, 0.717) is 24.3 Å². The van der Waals surface area contributed by atoms with Crippen molar-refractivity contribution in [1.82, 2.24) is 0 Å². The van der Waals surface area contributed by atoms with Gasteiger partial charge in [-0.1, -0.05) is 25.1 Å². The maximum Gasteiger partial charge on any atom is 0.305 e. The third-order valence-electron chi connectivity index (χ3n) is 2.59. The van der Waals surface area contributed by atoms with Crippen molar-refractivity contribution in [2.24, 2.45) is 0 Å². The van der Waals surface area contributed by atoms with Crippen molar-refractivity contribution in [2.75, 3.05) is 13.7 Å². The second-order valence-corrected chi connectivity index (χ2v) is 4.02. The van der Waals surface area contributed by atoms with Gasteiger partial charge >= 0.3 is 5.97 Å². The molecule has 0 heterocycles. The maximum atomic E-state index is 11.3. The van der Waals surface area contributed by atoms with Gasteiger partial charge in [-0.2, -0.15) is 0 Å². The van der Waals surface area contributed by atoms with Crippen LogP contribution in [0.3, 0.4) is 0 Å². The Balaban J connectivity index is 2.49. The smallest absolute Gasteiger partial charge is 0.305 e. The lowest BCUT2D eigenvalue weighted by atomic mass is 10.0. The Morgan fingerprint density at radius 3 is 2.78 bits per heavy atom. The average Bonchev–Trinajstić information content (AvgIpc) is 2.42. The van der Waals surface area contributed by atoms with E-state index in [1.165, 1.54) is 0 Å². The van der Waals surface area contributed by atoms with Crippen LogP contribution in [-0.2, 0) is 9.53 Å². The first kappa shape index (κ1) is 14.5. The molecule has 4 nitrogen and oxygen atoms in total. The molecule has 0 aliphatic rings. The van der Waals surface area contributed by atoms with E-state index in [0.717, 1.165) is 6.42 Å². The zero-order chi connectivity index (χ0) is 13.4. The zero-order valence-electron chi connectivity index (χ0n) is 10.9. The molecule has 0 spiro atoms. The van der Waals surface area contributed by atoms with Crippen molar-refractivity contribution in [3.8, 4) is 5.75 Å². The molecule has 1 aromatic rings. The van der Waals surface area contributed by atoms with Crippen molar-refractivity contribution >= 4 is 5.97 Å². The van der Waals surface area contributed by atoms with Gasteiger partial charge < -0.3 is 14.6 Å². The molecule has 0 saturated carbocycles. The van der Waals surface area contributed by atoms with Crippen LogP contribution in [0.5, 0.6) is 5.75 Å². The minimum absolute atomic E-state index is 0.208. The minimum atomic E-state index is -0.713. The second kappa shape index (κ2) is 7.71. The van der Waals surface area contributed by atoms with E-state index in [9.17, 15) is 9.90 Å². The van der Waals surface area contributed by atoms with Crippen LogP contribution >= 0.6 is 0 Å². The number of esters is 1. The molecule has 0 radical (unpaired) electrons. The highest BCUT2D eigenvalue weighted by Gasteiger charge is 2.14. The number of benzene rings is 1. The summed E-state index contributed by atoms with van der Waals surface area (Å²) < 4.78 is 10.1. The molecule has 0 fully saturated rings.